The number of benzene rings is 8. The van der Waals surface area contributed by atoms with E-state index in [0.717, 1.165) is 0 Å². The van der Waals surface area contributed by atoms with Crippen LogP contribution in [-0.4, -0.2) is 8.41 Å². The molecule has 8 rings (SSSR count). The molecule has 0 spiro atoms. The molecule has 0 heterocycles. The summed E-state index contributed by atoms with van der Waals surface area (Å²) in [4.78, 5) is 0. The predicted molar refractivity (Wildman–Crippen MR) is 179 cm³/mol. The van der Waals surface area contributed by atoms with Gasteiger partial charge in [0.15, 0.2) is 0 Å². The molecule has 3 radical (unpaired) electrons. The molecule has 8 aromatic rings. The van der Waals surface area contributed by atoms with Crippen molar-refractivity contribution in [2.24, 2.45) is 0 Å². The monoisotopic (exact) mass is 517 g/mol. The standard InChI is InChI=1S/C40H26.B/c1-2-11-28(12-3-1)39-35-14-6-8-16-37(35)40(38-17-9-7-15-36(38)39)34-23-22-32-25-31(20-21-33(32)26-34)30-19-18-27-10-4-5-13-29(27)24-30;/h1-26H;. The molecular weight excluding hydrogens is 491 g/mol. The van der Waals surface area contributed by atoms with E-state index in [1.165, 1.54) is 76.5 Å². The summed E-state index contributed by atoms with van der Waals surface area (Å²) in [6, 6.07) is 57.6. The second-order valence-electron chi connectivity index (χ2n) is 10.5. The number of fused-ring (bicyclic) bond motifs is 4. The average molecular weight is 517 g/mol. The van der Waals surface area contributed by atoms with Gasteiger partial charge in [-0.3, -0.25) is 0 Å². The molecule has 0 fully saturated rings. The lowest BCUT2D eigenvalue weighted by atomic mass is 9.85. The molecule has 0 bridgehead atoms. The second-order valence-corrected chi connectivity index (χ2v) is 10.5. The van der Waals surface area contributed by atoms with Crippen LogP contribution in [0.15, 0.2) is 158 Å². The summed E-state index contributed by atoms with van der Waals surface area (Å²) < 4.78 is 0. The maximum Gasteiger partial charge on any atom is 0 e. The molecule has 0 saturated carbocycles. The highest BCUT2D eigenvalue weighted by molar-refractivity contribution is 6.21. The van der Waals surface area contributed by atoms with Crippen molar-refractivity contribution < 1.29 is 0 Å². The molecule has 41 heavy (non-hydrogen) atoms. The van der Waals surface area contributed by atoms with E-state index in [-0.39, 0.29) is 8.41 Å². The smallest absolute Gasteiger partial charge is 0 e. The fraction of sp³-hybridized carbons (Fsp3) is 0. The predicted octanol–water partition coefficient (Wildman–Crippen LogP) is 10.9. The first kappa shape index (κ1) is 24.9. The fourth-order valence-electron chi connectivity index (χ4n) is 6.30. The van der Waals surface area contributed by atoms with Crippen LogP contribution in [0.25, 0.3) is 76.5 Å². The SMILES string of the molecule is [B].c1ccc(-c2c3ccccc3c(-c3ccc4cc(-c5ccc6ccccc6c5)ccc4c3)c3ccccc23)cc1. The van der Waals surface area contributed by atoms with Crippen LogP contribution in [0.2, 0.25) is 0 Å². The van der Waals surface area contributed by atoms with E-state index in [9.17, 15) is 0 Å². The summed E-state index contributed by atoms with van der Waals surface area (Å²) in [6.07, 6.45) is 0. The van der Waals surface area contributed by atoms with E-state index in [4.69, 9.17) is 0 Å². The van der Waals surface area contributed by atoms with Crippen molar-refractivity contribution in [3.63, 3.8) is 0 Å². The van der Waals surface area contributed by atoms with Gasteiger partial charge in [0.25, 0.3) is 0 Å². The van der Waals surface area contributed by atoms with Crippen LogP contribution in [-0.2, 0) is 0 Å². The lowest BCUT2D eigenvalue weighted by Crippen LogP contribution is -1.90. The summed E-state index contributed by atoms with van der Waals surface area (Å²) in [5.41, 5.74) is 7.59. The largest absolute Gasteiger partial charge is 0.0622 e. The van der Waals surface area contributed by atoms with Crippen LogP contribution in [0.1, 0.15) is 0 Å². The zero-order valence-electron chi connectivity index (χ0n) is 22.6. The molecule has 8 aromatic carbocycles. The molecule has 0 atom stereocenters. The third-order valence-electron chi connectivity index (χ3n) is 8.21. The van der Waals surface area contributed by atoms with Gasteiger partial charge in [-0.2, -0.15) is 0 Å². The zero-order valence-corrected chi connectivity index (χ0v) is 22.6. The van der Waals surface area contributed by atoms with Gasteiger partial charge in [0.05, 0.1) is 0 Å². The first-order chi connectivity index (χ1) is 19.8. The molecule has 0 aliphatic heterocycles. The minimum absolute atomic E-state index is 0. The summed E-state index contributed by atoms with van der Waals surface area (Å²) >= 11 is 0. The molecule has 0 aliphatic carbocycles. The maximum atomic E-state index is 2.36. The quantitative estimate of drug-likeness (QED) is 0.162. The van der Waals surface area contributed by atoms with Crippen molar-refractivity contribution in [1.29, 1.82) is 0 Å². The van der Waals surface area contributed by atoms with Crippen LogP contribution < -0.4 is 0 Å². The zero-order chi connectivity index (χ0) is 26.5. The Kier molecular flexibility index (Phi) is 6.14. The highest BCUT2D eigenvalue weighted by atomic mass is 14.2. The van der Waals surface area contributed by atoms with Gasteiger partial charge >= 0.3 is 0 Å². The van der Waals surface area contributed by atoms with Gasteiger partial charge in [-0.25, -0.2) is 0 Å². The summed E-state index contributed by atoms with van der Waals surface area (Å²) in [5.74, 6) is 0. The van der Waals surface area contributed by atoms with Crippen LogP contribution in [0.5, 0.6) is 0 Å². The van der Waals surface area contributed by atoms with E-state index in [1.54, 1.807) is 0 Å². The van der Waals surface area contributed by atoms with Gasteiger partial charge in [-0.1, -0.05) is 140 Å². The Balaban J connectivity index is 0.00000276. The first-order valence-electron chi connectivity index (χ1n) is 13.9. The topological polar surface area (TPSA) is 0 Å². The second kappa shape index (κ2) is 10.1. The van der Waals surface area contributed by atoms with Crippen molar-refractivity contribution in [1.82, 2.24) is 0 Å². The van der Waals surface area contributed by atoms with Gasteiger partial charge in [-0.15, -0.1) is 0 Å². The van der Waals surface area contributed by atoms with E-state index in [2.05, 4.69) is 158 Å². The Hall–Kier alpha value is -5.14. The highest BCUT2D eigenvalue weighted by Crippen LogP contribution is 2.44. The molecule has 0 saturated heterocycles. The minimum atomic E-state index is 0. The van der Waals surface area contributed by atoms with Gasteiger partial charge in [0.1, 0.15) is 0 Å². The molecule has 189 valence electrons. The fourth-order valence-corrected chi connectivity index (χ4v) is 6.30. The Labute approximate surface area is 242 Å². The Bertz CT molecular complexity index is 2150. The lowest BCUT2D eigenvalue weighted by Gasteiger charge is -2.18. The molecule has 0 aliphatic rings. The van der Waals surface area contributed by atoms with Crippen molar-refractivity contribution in [2.75, 3.05) is 0 Å². The van der Waals surface area contributed by atoms with Gasteiger partial charge in [-0.05, 0) is 94.7 Å². The first-order valence-corrected chi connectivity index (χ1v) is 13.9. The summed E-state index contributed by atoms with van der Waals surface area (Å²) in [7, 11) is 0. The van der Waals surface area contributed by atoms with Crippen molar-refractivity contribution >= 4 is 51.5 Å². The van der Waals surface area contributed by atoms with Crippen LogP contribution >= 0.6 is 0 Å². The molecule has 0 aromatic heterocycles. The van der Waals surface area contributed by atoms with Gasteiger partial charge in [0.2, 0.25) is 0 Å². The van der Waals surface area contributed by atoms with Gasteiger partial charge < -0.3 is 0 Å². The number of rotatable bonds is 3. The van der Waals surface area contributed by atoms with Gasteiger partial charge in [0, 0.05) is 8.41 Å². The van der Waals surface area contributed by atoms with E-state index < -0.39 is 0 Å². The Morgan fingerprint density at radius 3 is 1.17 bits per heavy atom. The Morgan fingerprint density at radius 2 is 0.610 bits per heavy atom. The van der Waals surface area contributed by atoms with E-state index in [0.29, 0.717) is 0 Å². The normalized spacial score (nSPS) is 11.2. The lowest BCUT2D eigenvalue weighted by molar-refractivity contribution is 1.65. The molecular formula is C40H26B. The van der Waals surface area contributed by atoms with Crippen LogP contribution in [0.3, 0.4) is 0 Å². The molecule has 0 nitrogen and oxygen atoms in total. The third-order valence-corrected chi connectivity index (χ3v) is 8.21. The number of hydrogen-bond acceptors (Lipinski definition) is 0. The number of hydrogen-bond donors (Lipinski definition) is 0. The molecule has 0 unspecified atom stereocenters. The van der Waals surface area contributed by atoms with Crippen LogP contribution in [0, 0.1) is 0 Å². The Morgan fingerprint density at radius 1 is 0.244 bits per heavy atom. The summed E-state index contributed by atoms with van der Waals surface area (Å²) in [6.45, 7) is 0. The van der Waals surface area contributed by atoms with Crippen molar-refractivity contribution in [3.05, 3.63) is 158 Å². The van der Waals surface area contributed by atoms with E-state index in [1.807, 2.05) is 0 Å². The highest BCUT2D eigenvalue weighted by Gasteiger charge is 2.16. The van der Waals surface area contributed by atoms with Crippen molar-refractivity contribution in [2.45, 2.75) is 0 Å². The molecule has 1 heteroatoms. The average Bonchev–Trinajstić information content (AvgIpc) is 3.03. The molecule has 0 N–H and O–H groups in total. The summed E-state index contributed by atoms with van der Waals surface area (Å²) in [5, 5.41) is 10.2. The van der Waals surface area contributed by atoms with Crippen LogP contribution in [0.4, 0.5) is 0 Å². The molecule has 0 amide bonds. The maximum absolute atomic E-state index is 2.36. The van der Waals surface area contributed by atoms with E-state index >= 15 is 0 Å². The minimum Gasteiger partial charge on any atom is -0.0622 e. The van der Waals surface area contributed by atoms with Crippen molar-refractivity contribution in [3.8, 4) is 33.4 Å². The third kappa shape index (κ3) is 4.18.